The normalized spacial score (nSPS) is 12.1. The van der Waals surface area contributed by atoms with Gasteiger partial charge in [-0.05, 0) is 192 Å². The molecule has 5 rings (SSSR count). The van der Waals surface area contributed by atoms with Crippen LogP contribution in [-0.2, 0) is 133 Å². The van der Waals surface area contributed by atoms with E-state index < -0.39 is 0 Å². The van der Waals surface area contributed by atoms with Crippen LogP contribution in [0, 0.1) is 20.8 Å². The summed E-state index contributed by atoms with van der Waals surface area (Å²) >= 11 is 0. The van der Waals surface area contributed by atoms with Crippen molar-refractivity contribution >= 4 is 29.8 Å². The smallest absolute Gasteiger partial charge is 0.306 e. The Bertz CT molecular complexity index is 3480. The third-order valence-electron chi connectivity index (χ3n) is 19.4. The summed E-state index contributed by atoms with van der Waals surface area (Å²) in [6.07, 6.45) is 10.5. The average Bonchev–Trinajstić information content (AvgIpc) is 0.791. The Morgan fingerprint density at radius 3 is 0.750 bits per heavy atom. The second kappa shape index (κ2) is 45.6. The second-order valence-corrected chi connectivity index (χ2v) is 38.0. The molecule has 0 spiro atoms. The Morgan fingerprint density at radius 2 is 0.500 bits per heavy atom. The lowest BCUT2D eigenvalue weighted by molar-refractivity contribution is -0.146. The molecule has 0 saturated carbocycles. The van der Waals surface area contributed by atoms with Crippen LogP contribution in [0.15, 0.2) is 60.7 Å². The second-order valence-electron chi connectivity index (χ2n) is 38.0. The van der Waals surface area contributed by atoms with E-state index in [9.17, 15) is 44.4 Å². The standard InChI is InChI=1S/C34H50O8.C24H40O3.C19H30O2.C18H28O3.CH4/c1-23-19-25(21-27(31(23)37)33(3,4)5)9-11-29(35)41-17-15-39-13-14-40-16-18-42-30(36)12-10-26-20-24(2)32(38)28(22-26)34(6,7)8;1-8-9-10-11-12-15-27-21(25)14-13-18-16-19(23(2,3)4)22(26)20(17-18)24(5,6)7;1-13-15(18(2,3)4)11-14(9-10-17(20)21-8)12-16(13)19(5,6)7;1-17(2,3)13-10-12(8-9-15(19)21-7)11-14(16(13)20)18(4,5)6;/h19-22,37-38H,9-18H2,1-8H3;16-17,26H,8-15H2,1-7H3;11-12H,9-10H2,1-8H3;10-11,20H,8-9H2,1-7H3;1H4. The molecule has 0 aromatic heterocycles. The number of aromatic hydroxyl groups is 4. The maximum absolute atomic E-state index is 12.1. The van der Waals surface area contributed by atoms with Gasteiger partial charge < -0.3 is 53.6 Å². The molecule has 16 nitrogen and oxygen atoms in total. The summed E-state index contributed by atoms with van der Waals surface area (Å²) in [5, 5.41) is 42.1. The summed E-state index contributed by atoms with van der Waals surface area (Å²) < 4.78 is 36.2. The molecule has 16 heteroatoms. The zero-order valence-electron chi connectivity index (χ0n) is 74.5. The minimum atomic E-state index is -0.296. The maximum atomic E-state index is 12.1. The largest absolute Gasteiger partial charge is 0.507 e. The number of benzene rings is 5. The topological polar surface area (TPSA) is 231 Å². The fourth-order valence-electron chi connectivity index (χ4n) is 12.9. The number of carbonyl (C=O) groups is 5. The average molecular weight is 1560 g/mol. The Morgan fingerprint density at radius 1 is 0.286 bits per heavy atom. The first kappa shape index (κ1) is 103. The van der Waals surface area contributed by atoms with Crippen LogP contribution in [0.3, 0.4) is 0 Å². The molecule has 0 unspecified atom stereocenters. The van der Waals surface area contributed by atoms with Gasteiger partial charge in [-0.15, -0.1) is 0 Å². The summed E-state index contributed by atoms with van der Waals surface area (Å²) in [6.45, 7) is 61.0. The number of unbranched alkanes of at least 4 members (excludes halogenated alkanes) is 4. The van der Waals surface area contributed by atoms with Crippen LogP contribution in [0.25, 0.3) is 0 Å². The maximum Gasteiger partial charge on any atom is 0.306 e. The highest BCUT2D eigenvalue weighted by atomic mass is 16.6. The molecule has 0 fully saturated rings. The van der Waals surface area contributed by atoms with Crippen molar-refractivity contribution in [3.63, 3.8) is 0 Å². The summed E-state index contributed by atoms with van der Waals surface area (Å²) in [5.74, 6) is 0.288. The van der Waals surface area contributed by atoms with Crippen LogP contribution >= 0.6 is 0 Å². The molecular weight excluding hydrogens is 1410 g/mol. The van der Waals surface area contributed by atoms with Crippen molar-refractivity contribution in [1.82, 2.24) is 0 Å². The third kappa shape index (κ3) is 36.4. The molecule has 0 heterocycles. The summed E-state index contributed by atoms with van der Waals surface area (Å²) in [6, 6.07) is 20.3. The number of phenolic OH excluding ortho intramolecular Hbond substituents is 4. The Hall–Kier alpha value is -7.43. The summed E-state index contributed by atoms with van der Waals surface area (Å²) in [4.78, 5) is 59.0. The first-order chi connectivity index (χ1) is 51.0. The molecular formula is C96H152O16. The van der Waals surface area contributed by atoms with E-state index >= 15 is 0 Å². The molecule has 632 valence electrons. The number of ether oxygens (including phenoxy) is 7. The van der Waals surface area contributed by atoms with Crippen molar-refractivity contribution < 1.29 is 77.6 Å². The molecule has 0 radical (unpaired) electrons. The molecule has 5 aromatic carbocycles. The SMILES string of the molecule is C.CCCCCCCOC(=O)CCc1cc(C(C)(C)C)c(O)c(C(C)(C)C)c1.COC(=O)CCc1cc(C(C)(C)C)c(C)c(C(C)(C)C)c1.COC(=O)CCc1cc(C(C)(C)C)c(O)c(C(C)(C)C)c1.Cc1cc(CCC(=O)OCCOCCOCCOC(=O)CCc2cc(C)c(O)c(C(C)(C)C)c2)cc(C(C)(C)C)c1O. The number of rotatable bonds is 30. The molecule has 112 heavy (non-hydrogen) atoms. The van der Waals surface area contributed by atoms with Crippen molar-refractivity contribution in [3.8, 4) is 23.0 Å². The first-order valence-electron chi connectivity index (χ1n) is 40.3. The predicted molar refractivity (Wildman–Crippen MR) is 458 cm³/mol. The van der Waals surface area contributed by atoms with E-state index in [1.807, 2.05) is 104 Å². The first-order valence-corrected chi connectivity index (χ1v) is 40.3. The predicted octanol–water partition coefficient (Wildman–Crippen LogP) is 21.9. The quantitative estimate of drug-likeness (QED) is 0.0190. The summed E-state index contributed by atoms with van der Waals surface area (Å²) in [5.41, 5.74) is 15.8. The zero-order chi connectivity index (χ0) is 85.0. The van der Waals surface area contributed by atoms with Gasteiger partial charge in [0.15, 0.2) is 0 Å². The van der Waals surface area contributed by atoms with Crippen molar-refractivity contribution in [3.05, 3.63) is 150 Å². The summed E-state index contributed by atoms with van der Waals surface area (Å²) in [7, 11) is 2.85. The lowest BCUT2D eigenvalue weighted by Crippen LogP contribution is -2.20. The fourth-order valence-corrected chi connectivity index (χ4v) is 12.9. The lowest BCUT2D eigenvalue weighted by atomic mass is 9.75. The molecule has 0 amide bonds. The van der Waals surface area contributed by atoms with Crippen LogP contribution in [0.2, 0.25) is 0 Å². The lowest BCUT2D eigenvalue weighted by Gasteiger charge is -2.30. The van der Waals surface area contributed by atoms with Gasteiger partial charge in [0.2, 0.25) is 0 Å². The minimum absolute atomic E-state index is 0. The molecule has 0 aliphatic rings. The van der Waals surface area contributed by atoms with Gasteiger partial charge in [0, 0.05) is 32.1 Å². The number of esters is 5. The van der Waals surface area contributed by atoms with Gasteiger partial charge in [-0.2, -0.15) is 0 Å². The van der Waals surface area contributed by atoms with Gasteiger partial charge in [0.05, 0.1) is 47.3 Å². The molecule has 0 bridgehead atoms. The van der Waals surface area contributed by atoms with E-state index in [0.29, 0.717) is 87.8 Å². The monoisotopic (exact) mass is 1560 g/mol. The number of aryl methyl sites for hydroxylation is 7. The molecule has 0 saturated heterocycles. The van der Waals surface area contributed by atoms with E-state index in [4.69, 9.17) is 33.2 Å². The Kier molecular flexibility index (Phi) is 41.8. The number of hydrogen-bond donors (Lipinski definition) is 4. The van der Waals surface area contributed by atoms with Gasteiger partial charge in [-0.25, -0.2) is 0 Å². The number of hydrogen-bond acceptors (Lipinski definition) is 16. The zero-order valence-corrected chi connectivity index (χ0v) is 74.5. The van der Waals surface area contributed by atoms with Crippen molar-refractivity contribution in [1.29, 1.82) is 0 Å². The minimum Gasteiger partial charge on any atom is -0.507 e. The third-order valence-corrected chi connectivity index (χ3v) is 19.4. The highest BCUT2D eigenvalue weighted by Crippen LogP contribution is 2.43. The van der Waals surface area contributed by atoms with Crippen LogP contribution in [0.5, 0.6) is 23.0 Å². The Labute approximate surface area is 678 Å². The molecule has 0 aliphatic heterocycles. The van der Waals surface area contributed by atoms with Crippen molar-refractivity contribution in [2.75, 3.05) is 60.5 Å². The van der Waals surface area contributed by atoms with Gasteiger partial charge >= 0.3 is 29.8 Å². The van der Waals surface area contributed by atoms with E-state index in [1.165, 1.54) is 55.7 Å². The van der Waals surface area contributed by atoms with Gasteiger partial charge in [0.1, 0.15) is 36.2 Å². The van der Waals surface area contributed by atoms with Gasteiger partial charge in [0.25, 0.3) is 0 Å². The molecule has 0 aliphatic carbocycles. The van der Waals surface area contributed by atoms with E-state index in [0.717, 1.165) is 86.0 Å². The van der Waals surface area contributed by atoms with Crippen LogP contribution in [0.4, 0.5) is 0 Å². The van der Waals surface area contributed by atoms with Crippen molar-refractivity contribution in [2.45, 2.75) is 341 Å². The fraction of sp³-hybridized carbons (Fsp3) is 0.635. The van der Waals surface area contributed by atoms with Crippen LogP contribution in [0.1, 0.15) is 334 Å². The van der Waals surface area contributed by atoms with Crippen LogP contribution in [-0.4, -0.2) is 111 Å². The highest BCUT2D eigenvalue weighted by molar-refractivity contribution is 5.72. The number of phenols is 4. The van der Waals surface area contributed by atoms with Crippen molar-refractivity contribution in [2.24, 2.45) is 0 Å². The molecule has 5 aromatic rings. The van der Waals surface area contributed by atoms with Crippen LogP contribution < -0.4 is 0 Å². The van der Waals surface area contributed by atoms with E-state index in [2.05, 4.69) is 151 Å². The molecule has 4 N–H and O–H groups in total. The van der Waals surface area contributed by atoms with Gasteiger partial charge in [-0.3, -0.25) is 24.0 Å². The number of methoxy groups -OCH3 is 2. The van der Waals surface area contributed by atoms with E-state index in [-0.39, 0.29) is 120 Å². The highest BCUT2D eigenvalue weighted by Gasteiger charge is 2.30. The number of carbonyl (C=O) groups excluding carboxylic acids is 5. The van der Waals surface area contributed by atoms with Gasteiger partial charge in [-0.1, -0.05) is 267 Å². The Balaban J connectivity index is 0.000000780. The molecule has 0 atom stereocenters. The van der Waals surface area contributed by atoms with E-state index in [1.54, 1.807) is 0 Å².